The minimum Gasteiger partial charge on any atom is -0.337 e. The molecule has 6 heteroatoms. The number of benzene rings is 1. The van der Waals surface area contributed by atoms with E-state index in [2.05, 4.69) is 15.6 Å². The molecule has 1 aliphatic heterocycles. The highest BCUT2D eigenvalue weighted by molar-refractivity contribution is 5.93. The minimum absolute atomic E-state index is 0.00162. The second kappa shape index (κ2) is 7.57. The van der Waals surface area contributed by atoms with Crippen molar-refractivity contribution in [2.45, 2.75) is 26.2 Å². The molecule has 3 rings (SSSR count). The number of aromatic nitrogens is 3. The van der Waals surface area contributed by atoms with Crippen molar-refractivity contribution in [3.8, 4) is 5.69 Å². The Labute approximate surface area is 142 Å². The Balaban J connectivity index is 1.67. The monoisotopic (exact) mass is 327 g/mol. The molecule has 0 atom stereocenters. The number of piperidine rings is 1. The number of amides is 1. The molecule has 1 amide bonds. The lowest BCUT2D eigenvalue weighted by molar-refractivity contribution is 0.0680. The van der Waals surface area contributed by atoms with Gasteiger partial charge in [-0.15, -0.1) is 5.10 Å². The average Bonchev–Trinajstić information content (AvgIpc) is 3.02. The Hall–Kier alpha value is -2.21. The van der Waals surface area contributed by atoms with Crippen LogP contribution in [-0.4, -0.2) is 52.5 Å². The number of nitrogens with one attached hydrogen (secondary N) is 1. The van der Waals surface area contributed by atoms with Crippen molar-refractivity contribution in [3.63, 3.8) is 0 Å². The molecular formula is C18H25N5O. The van der Waals surface area contributed by atoms with Gasteiger partial charge < -0.3 is 10.2 Å². The quantitative estimate of drug-likeness (QED) is 0.913. The highest BCUT2D eigenvalue weighted by Crippen LogP contribution is 2.22. The molecule has 1 aromatic heterocycles. The Morgan fingerprint density at radius 1 is 1.25 bits per heavy atom. The SMILES string of the molecule is CNCCC1CCN(C(=O)c2nnn(-c3ccccc3)c2C)CC1. The van der Waals surface area contributed by atoms with Gasteiger partial charge in [-0.25, -0.2) is 4.68 Å². The standard InChI is InChI=1S/C18H25N5O/c1-14-17(20-21-23(14)16-6-4-3-5-7-16)18(24)22-12-9-15(10-13-22)8-11-19-2/h3-7,15,19H,8-13H2,1-2H3. The van der Waals surface area contributed by atoms with Gasteiger partial charge in [0.1, 0.15) is 0 Å². The molecule has 1 N–H and O–H groups in total. The molecule has 0 bridgehead atoms. The summed E-state index contributed by atoms with van der Waals surface area (Å²) in [5.74, 6) is 0.712. The third-order valence-corrected chi connectivity index (χ3v) is 4.80. The minimum atomic E-state index is 0.00162. The molecular weight excluding hydrogens is 302 g/mol. The fraction of sp³-hybridized carbons (Fsp3) is 0.500. The van der Waals surface area contributed by atoms with E-state index in [0.717, 1.165) is 43.9 Å². The van der Waals surface area contributed by atoms with Crippen LogP contribution in [0.5, 0.6) is 0 Å². The highest BCUT2D eigenvalue weighted by atomic mass is 16.2. The van der Waals surface area contributed by atoms with E-state index in [1.165, 1.54) is 6.42 Å². The smallest absolute Gasteiger partial charge is 0.276 e. The summed E-state index contributed by atoms with van der Waals surface area (Å²) in [7, 11) is 1.98. The maximum Gasteiger partial charge on any atom is 0.276 e. The van der Waals surface area contributed by atoms with Gasteiger partial charge in [-0.3, -0.25) is 4.79 Å². The zero-order valence-corrected chi connectivity index (χ0v) is 14.4. The maximum absolute atomic E-state index is 12.8. The predicted octanol–water partition coefficient (Wildman–Crippen LogP) is 2.04. The average molecular weight is 327 g/mol. The molecule has 0 radical (unpaired) electrons. The number of carbonyl (C=O) groups excluding carboxylic acids is 1. The summed E-state index contributed by atoms with van der Waals surface area (Å²) >= 11 is 0. The largest absolute Gasteiger partial charge is 0.337 e. The second-order valence-corrected chi connectivity index (χ2v) is 6.40. The molecule has 1 aromatic carbocycles. The van der Waals surface area contributed by atoms with E-state index in [0.29, 0.717) is 11.6 Å². The summed E-state index contributed by atoms with van der Waals surface area (Å²) in [5.41, 5.74) is 2.18. The van der Waals surface area contributed by atoms with Gasteiger partial charge in [-0.05, 0) is 57.8 Å². The lowest BCUT2D eigenvalue weighted by Crippen LogP contribution is -2.39. The molecule has 1 aliphatic rings. The Kier molecular flexibility index (Phi) is 5.25. The van der Waals surface area contributed by atoms with E-state index in [-0.39, 0.29) is 5.91 Å². The Morgan fingerprint density at radius 3 is 2.62 bits per heavy atom. The van der Waals surface area contributed by atoms with Gasteiger partial charge in [0.05, 0.1) is 11.4 Å². The van der Waals surface area contributed by atoms with Crippen LogP contribution in [0.15, 0.2) is 30.3 Å². The molecule has 24 heavy (non-hydrogen) atoms. The Morgan fingerprint density at radius 2 is 1.96 bits per heavy atom. The second-order valence-electron chi connectivity index (χ2n) is 6.40. The number of likely N-dealkylation sites (tertiary alicyclic amines) is 1. The van der Waals surface area contributed by atoms with Gasteiger partial charge in [-0.2, -0.15) is 0 Å². The van der Waals surface area contributed by atoms with Crippen LogP contribution < -0.4 is 5.32 Å². The molecule has 0 unspecified atom stereocenters. The molecule has 0 spiro atoms. The molecule has 2 heterocycles. The summed E-state index contributed by atoms with van der Waals surface area (Å²) in [5, 5.41) is 11.5. The van der Waals surface area contributed by atoms with Gasteiger partial charge >= 0.3 is 0 Å². The summed E-state index contributed by atoms with van der Waals surface area (Å²) in [6, 6.07) is 9.79. The van der Waals surface area contributed by atoms with Gasteiger partial charge in [-0.1, -0.05) is 23.4 Å². The lowest BCUT2D eigenvalue weighted by Gasteiger charge is -2.31. The van der Waals surface area contributed by atoms with E-state index in [1.54, 1.807) is 4.68 Å². The molecule has 2 aromatic rings. The van der Waals surface area contributed by atoms with Crippen LogP contribution in [0.2, 0.25) is 0 Å². The van der Waals surface area contributed by atoms with Crippen LogP contribution in [0.3, 0.4) is 0 Å². The van der Waals surface area contributed by atoms with Crippen LogP contribution in [0.25, 0.3) is 5.69 Å². The summed E-state index contributed by atoms with van der Waals surface area (Å²) < 4.78 is 1.73. The fourth-order valence-corrected chi connectivity index (χ4v) is 3.26. The van der Waals surface area contributed by atoms with Crippen molar-refractivity contribution in [1.82, 2.24) is 25.2 Å². The van der Waals surface area contributed by atoms with Gasteiger partial charge in [0.2, 0.25) is 0 Å². The maximum atomic E-state index is 12.8. The third kappa shape index (κ3) is 3.48. The van der Waals surface area contributed by atoms with Crippen LogP contribution in [-0.2, 0) is 0 Å². The highest BCUT2D eigenvalue weighted by Gasteiger charge is 2.27. The normalized spacial score (nSPS) is 15.7. The predicted molar refractivity (Wildman–Crippen MR) is 93.3 cm³/mol. The molecule has 0 aliphatic carbocycles. The number of nitrogens with zero attached hydrogens (tertiary/aromatic N) is 4. The topological polar surface area (TPSA) is 63.1 Å². The van der Waals surface area contributed by atoms with Gasteiger partial charge in [0.15, 0.2) is 5.69 Å². The van der Waals surface area contributed by atoms with Crippen LogP contribution >= 0.6 is 0 Å². The van der Waals surface area contributed by atoms with E-state index < -0.39 is 0 Å². The molecule has 128 valence electrons. The number of rotatable bonds is 5. The zero-order chi connectivity index (χ0) is 16.9. The van der Waals surface area contributed by atoms with Crippen LogP contribution in [0, 0.1) is 12.8 Å². The summed E-state index contributed by atoms with van der Waals surface area (Å²) in [4.78, 5) is 14.7. The van der Waals surface area contributed by atoms with E-state index >= 15 is 0 Å². The van der Waals surface area contributed by atoms with E-state index in [1.807, 2.05) is 49.2 Å². The van der Waals surface area contributed by atoms with Crippen molar-refractivity contribution < 1.29 is 4.79 Å². The first-order chi connectivity index (χ1) is 11.7. The lowest BCUT2D eigenvalue weighted by atomic mass is 9.93. The summed E-state index contributed by atoms with van der Waals surface area (Å²) in [6.07, 6.45) is 3.32. The molecule has 1 fully saturated rings. The number of hydrogen-bond acceptors (Lipinski definition) is 4. The van der Waals surface area contributed by atoms with Crippen molar-refractivity contribution >= 4 is 5.91 Å². The van der Waals surface area contributed by atoms with E-state index in [4.69, 9.17) is 0 Å². The summed E-state index contributed by atoms with van der Waals surface area (Å²) in [6.45, 7) is 4.57. The van der Waals surface area contributed by atoms with E-state index in [9.17, 15) is 4.79 Å². The van der Waals surface area contributed by atoms with Crippen LogP contribution in [0.1, 0.15) is 35.4 Å². The van der Waals surface area contributed by atoms with Crippen LogP contribution in [0.4, 0.5) is 0 Å². The van der Waals surface area contributed by atoms with Crippen molar-refractivity contribution in [1.29, 1.82) is 0 Å². The molecule has 6 nitrogen and oxygen atoms in total. The number of para-hydroxylation sites is 1. The van der Waals surface area contributed by atoms with Crippen molar-refractivity contribution in [2.75, 3.05) is 26.7 Å². The van der Waals surface area contributed by atoms with Gasteiger partial charge in [0.25, 0.3) is 5.91 Å². The van der Waals surface area contributed by atoms with Crippen molar-refractivity contribution in [2.24, 2.45) is 5.92 Å². The van der Waals surface area contributed by atoms with Crippen molar-refractivity contribution in [3.05, 3.63) is 41.7 Å². The number of carbonyl (C=O) groups is 1. The fourth-order valence-electron chi connectivity index (χ4n) is 3.26. The van der Waals surface area contributed by atoms with Gasteiger partial charge in [0, 0.05) is 13.1 Å². The Bertz CT molecular complexity index is 674. The first-order valence-corrected chi connectivity index (χ1v) is 8.62. The molecule has 1 saturated heterocycles. The zero-order valence-electron chi connectivity index (χ0n) is 14.4. The first-order valence-electron chi connectivity index (χ1n) is 8.62. The third-order valence-electron chi connectivity index (χ3n) is 4.80. The number of hydrogen-bond donors (Lipinski definition) is 1. The molecule has 0 saturated carbocycles. The first kappa shape index (κ1) is 16.6.